The highest BCUT2D eigenvalue weighted by molar-refractivity contribution is 7.98. The monoisotopic (exact) mass is 314 g/mol. The molecule has 3 nitrogen and oxygen atoms in total. The van der Waals surface area contributed by atoms with E-state index in [1.165, 1.54) is 10.5 Å². The van der Waals surface area contributed by atoms with Crippen molar-refractivity contribution in [1.82, 2.24) is 5.32 Å². The summed E-state index contributed by atoms with van der Waals surface area (Å²) in [6, 6.07) is 18.0. The quantitative estimate of drug-likeness (QED) is 0.803. The highest BCUT2D eigenvalue weighted by Gasteiger charge is 2.18. The van der Waals surface area contributed by atoms with Crippen molar-refractivity contribution in [3.63, 3.8) is 0 Å². The summed E-state index contributed by atoms with van der Waals surface area (Å²) in [5.41, 5.74) is 7.10. The predicted octanol–water partition coefficient (Wildman–Crippen LogP) is 3.45. The van der Waals surface area contributed by atoms with E-state index < -0.39 is 0 Å². The summed E-state index contributed by atoms with van der Waals surface area (Å²) in [4.78, 5) is 13.4. The summed E-state index contributed by atoms with van der Waals surface area (Å²) in [6.07, 6.45) is 0. The molecule has 2 aromatic carbocycles. The fraction of sp³-hybridized carbons (Fsp3) is 0.278. The van der Waals surface area contributed by atoms with Gasteiger partial charge in [0.05, 0.1) is 0 Å². The van der Waals surface area contributed by atoms with Gasteiger partial charge in [-0.3, -0.25) is 4.79 Å². The van der Waals surface area contributed by atoms with E-state index in [1.807, 2.05) is 56.3 Å². The molecule has 0 atom stereocenters. The molecule has 0 aliphatic heterocycles. The normalized spacial score (nSPS) is 11.2. The number of nitrogens with two attached hydrogens (primary N) is 1. The SMILES string of the molecule is CC(C)(CN)NC(=O)c1ccc(CSc2ccccc2)cc1. The van der Waals surface area contributed by atoms with Gasteiger partial charge in [-0.1, -0.05) is 30.3 Å². The van der Waals surface area contributed by atoms with Gasteiger partial charge >= 0.3 is 0 Å². The molecule has 0 radical (unpaired) electrons. The molecule has 0 saturated carbocycles. The number of carbonyl (C=O) groups is 1. The number of thioether (sulfide) groups is 1. The van der Waals surface area contributed by atoms with Gasteiger partial charge < -0.3 is 11.1 Å². The fourth-order valence-electron chi connectivity index (χ4n) is 1.87. The maximum atomic E-state index is 12.1. The molecule has 0 fully saturated rings. The molecule has 0 spiro atoms. The third kappa shape index (κ3) is 4.90. The molecule has 0 heterocycles. The number of benzene rings is 2. The minimum Gasteiger partial charge on any atom is -0.346 e. The van der Waals surface area contributed by atoms with Crippen LogP contribution in [0, 0.1) is 0 Å². The molecule has 0 aliphatic carbocycles. The molecule has 3 N–H and O–H groups in total. The van der Waals surface area contributed by atoms with Crippen LogP contribution in [0.25, 0.3) is 0 Å². The second-order valence-corrected chi connectivity index (χ2v) is 6.89. The lowest BCUT2D eigenvalue weighted by Crippen LogP contribution is -2.48. The smallest absolute Gasteiger partial charge is 0.251 e. The zero-order valence-corrected chi connectivity index (χ0v) is 13.8. The topological polar surface area (TPSA) is 55.1 Å². The van der Waals surface area contributed by atoms with E-state index in [1.54, 1.807) is 11.8 Å². The van der Waals surface area contributed by atoms with Gasteiger partial charge in [-0.15, -0.1) is 11.8 Å². The van der Waals surface area contributed by atoms with Gasteiger partial charge in [-0.25, -0.2) is 0 Å². The number of nitrogens with one attached hydrogen (secondary N) is 1. The van der Waals surface area contributed by atoms with Crippen molar-refractivity contribution in [3.8, 4) is 0 Å². The first-order valence-corrected chi connectivity index (χ1v) is 8.28. The summed E-state index contributed by atoms with van der Waals surface area (Å²) in [7, 11) is 0. The lowest BCUT2D eigenvalue weighted by molar-refractivity contribution is 0.0915. The Morgan fingerprint density at radius 1 is 1.09 bits per heavy atom. The van der Waals surface area contributed by atoms with Crippen LogP contribution in [0.3, 0.4) is 0 Å². The van der Waals surface area contributed by atoms with Crippen LogP contribution in [-0.4, -0.2) is 18.0 Å². The van der Waals surface area contributed by atoms with E-state index in [0.29, 0.717) is 12.1 Å². The third-order valence-electron chi connectivity index (χ3n) is 3.33. The van der Waals surface area contributed by atoms with E-state index in [0.717, 1.165) is 5.75 Å². The molecule has 1 amide bonds. The maximum absolute atomic E-state index is 12.1. The van der Waals surface area contributed by atoms with Crippen molar-refractivity contribution in [2.24, 2.45) is 5.73 Å². The Hall–Kier alpha value is -1.78. The zero-order chi connectivity index (χ0) is 16.0. The largest absolute Gasteiger partial charge is 0.346 e. The molecule has 116 valence electrons. The van der Waals surface area contributed by atoms with Gasteiger partial charge in [0.1, 0.15) is 0 Å². The average Bonchev–Trinajstić information content (AvgIpc) is 2.54. The third-order valence-corrected chi connectivity index (χ3v) is 4.41. The molecule has 2 rings (SSSR count). The molecular weight excluding hydrogens is 292 g/mol. The van der Waals surface area contributed by atoms with E-state index >= 15 is 0 Å². The average molecular weight is 314 g/mol. The molecular formula is C18H22N2OS. The Labute approximate surface area is 136 Å². The van der Waals surface area contributed by atoms with Crippen LogP contribution in [0.4, 0.5) is 0 Å². The maximum Gasteiger partial charge on any atom is 0.251 e. The van der Waals surface area contributed by atoms with Gasteiger partial charge in [0.2, 0.25) is 0 Å². The standard InChI is InChI=1S/C18H22N2OS/c1-18(2,13-19)20-17(21)15-10-8-14(9-11-15)12-22-16-6-4-3-5-7-16/h3-11H,12-13,19H2,1-2H3,(H,20,21). The highest BCUT2D eigenvalue weighted by Crippen LogP contribution is 2.22. The lowest BCUT2D eigenvalue weighted by Gasteiger charge is -2.24. The zero-order valence-electron chi connectivity index (χ0n) is 13.0. The van der Waals surface area contributed by atoms with Crippen LogP contribution in [0.15, 0.2) is 59.5 Å². The number of hydrogen-bond acceptors (Lipinski definition) is 3. The Morgan fingerprint density at radius 2 is 1.73 bits per heavy atom. The highest BCUT2D eigenvalue weighted by atomic mass is 32.2. The first-order chi connectivity index (χ1) is 10.5. The van der Waals surface area contributed by atoms with Gasteiger partial charge in [0.15, 0.2) is 0 Å². The molecule has 0 bridgehead atoms. The predicted molar refractivity (Wildman–Crippen MR) is 93.0 cm³/mol. The van der Waals surface area contributed by atoms with Crippen molar-refractivity contribution in [3.05, 3.63) is 65.7 Å². The molecule has 2 aromatic rings. The molecule has 0 aliphatic rings. The van der Waals surface area contributed by atoms with Crippen LogP contribution in [0.1, 0.15) is 29.8 Å². The summed E-state index contributed by atoms with van der Waals surface area (Å²) in [6.45, 7) is 4.23. The van der Waals surface area contributed by atoms with Gasteiger partial charge in [0.25, 0.3) is 5.91 Å². The molecule has 0 saturated heterocycles. The lowest BCUT2D eigenvalue weighted by atomic mass is 10.0. The van der Waals surface area contributed by atoms with Crippen molar-refractivity contribution >= 4 is 17.7 Å². The Morgan fingerprint density at radius 3 is 2.32 bits per heavy atom. The van der Waals surface area contributed by atoms with Gasteiger partial charge in [-0.05, 0) is 43.7 Å². The van der Waals surface area contributed by atoms with Crippen molar-refractivity contribution < 1.29 is 4.79 Å². The van der Waals surface area contributed by atoms with Gasteiger partial charge in [-0.2, -0.15) is 0 Å². The van der Waals surface area contributed by atoms with E-state index in [9.17, 15) is 4.79 Å². The summed E-state index contributed by atoms with van der Waals surface area (Å²) in [5.74, 6) is 0.804. The van der Waals surface area contributed by atoms with Crippen molar-refractivity contribution in [2.75, 3.05) is 6.54 Å². The Bertz CT molecular complexity index is 609. The molecule has 0 unspecified atom stereocenters. The first kappa shape index (κ1) is 16.6. The van der Waals surface area contributed by atoms with Crippen LogP contribution in [0.5, 0.6) is 0 Å². The molecule has 22 heavy (non-hydrogen) atoms. The summed E-state index contributed by atoms with van der Waals surface area (Å²) >= 11 is 1.78. The van der Waals surface area contributed by atoms with Crippen molar-refractivity contribution in [1.29, 1.82) is 0 Å². The second-order valence-electron chi connectivity index (χ2n) is 5.84. The minimum atomic E-state index is -0.390. The van der Waals surface area contributed by atoms with E-state index in [-0.39, 0.29) is 11.4 Å². The van der Waals surface area contributed by atoms with Crippen LogP contribution >= 0.6 is 11.8 Å². The molecule has 4 heteroatoms. The second kappa shape index (κ2) is 7.47. The van der Waals surface area contributed by atoms with Crippen molar-refractivity contribution in [2.45, 2.75) is 30.0 Å². The fourth-order valence-corrected chi connectivity index (χ4v) is 2.74. The summed E-state index contributed by atoms with van der Waals surface area (Å²) < 4.78 is 0. The Kier molecular flexibility index (Phi) is 5.63. The first-order valence-electron chi connectivity index (χ1n) is 7.29. The number of hydrogen-bond donors (Lipinski definition) is 2. The van der Waals surface area contributed by atoms with Crippen LogP contribution < -0.4 is 11.1 Å². The minimum absolute atomic E-state index is 0.0855. The van der Waals surface area contributed by atoms with E-state index in [4.69, 9.17) is 5.73 Å². The number of carbonyl (C=O) groups excluding carboxylic acids is 1. The number of amides is 1. The number of rotatable bonds is 6. The van der Waals surface area contributed by atoms with Gasteiger partial charge in [0, 0.05) is 28.3 Å². The molecule has 0 aromatic heterocycles. The van der Waals surface area contributed by atoms with Crippen LogP contribution in [-0.2, 0) is 5.75 Å². The van der Waals surface area contributed by atoms with Crippen LogP contribution in [0.2, 0.25) is 0 Å². The Balaban J connectivity index is 1.94. The van der Waals surface area contributed by atoms with E-state index in [2.05, 4.69) is 17.4 Å². The summed E-state index contributed by atoms with van der Waals surface area (Å²) in [5, 5.41) is 2.93.